The number of rotatable bonds is 5. The molecule has 29 heavy (non-hydrogen) atoms. The number of anilines is 1. The average molecular weight is 409 g/mol. The number of nitrogens with one attached hydrogen (secondary N) is 1. The van der Waals surface area contributed by atoms with Crippen molar-refractivity contribution in [2.24, 2.45) is 0 Å². The van der Waals surface area contributed by atoms with Crippen LogP contribution in [0.5, 0.6) is 0 Å². The molecule has 9 heteroatoms. The predicted octanol–water partition coefficient (Wildman–Crippen LogP) is 3.58. The van der Waals surface area contributed by atoms with Gasteiger partial charge in [-0.05, 0) is 35.9 Å². The van der Waals surface area contributed by atoms with Crippen molar-refractivity contribution in [2.45, 2.75) is 6.54 Å². The predicted molar refractivity (Wildman–Crippen MR) is 107 cm³/mol. The molecule has 0 saturated heterocycles. The lowest BCUT2D eigenvalue weighted by Crippen LogP contribution is -2.29. The molecule has 0 aliphatic rings. The van der Waals surface area contributed by atoms with Crippen molar-refractivity contribution in [1.82, 2.24) is 4.57 Å². The van der Waals surface area contributed by atoms with Crippen LogP contribution in [0.4, 0.5) is 11.4 Å². The zero-order valence-electron chi connectivity index (χ0n) is 14.8. The summed E-state index contributed by atoms with van der Waals surface area (Å²) >= 11 is 5.86. The molecule has 0 fully saturated rings. The van der Waals surface area contributed by atoms with E-state index in [0.717, 1.165) is 11.6 Å². The van der Waals surface area contributed by atoms with Crippen LogP contribution in [0.1, 0.15) is 21.5 Å². The number of nitro groups is 1. The highest BCUT2D eigenvalue weighted by molar-refractivity contribution is 6.30. The Kier molecular flexibility index (Phi) is 5.71. The third-order valence-corrected chi connectivity index (χ3v) is 4.37. The molecule has 0 saturated carbocycles. The molecule has 0 aliphatic carbocycles. The van der Waals surface area contributed by atoms with Gasteiger partial charge in [-0.3, -0.25) is 19.7 Å². The van der Waals surface area contributed by atoms with E-state index in [0.29, 0.717) is 5.02 Å². The first-order valence-electron chi connectivity index (χ1n) is 8.33. The van der Waals surface area contributed by atoms with Gasteiger partial charge in [0.05, 0.1) is 22.7 Å². The van der Waals surface area contributed by atoms with E-state index in [9.17, 15) is 25.0 Å². The van der Waals surface area contributed by atoms with E-state index in [1.54, 1.807) is 42.6 Å². The lowest BCUT2D eigenvalue weighted by molar-refractivity contribution is -0.384. The molecular weight excluding hydrogens is 396 g/mol. The quantitative estimate of drug-likeness (QED) is 0.511. The fourth-order valence-corrected chi connectivity index (χ4v) is 2.78. The molecule has 1 heterocycles. The topological polar surface area (TPSA) is 118 Å². The summed E-state index contributed by atoms with van der Waals surface area (Å²) in [7, 11) is 0. The second-order valence-electron chi connectivity index (χ2n) is 6.03. The van der Waals surface area contributed by atoms with Crippen LogP contribution in [-0.2, 0) is 6.54 Å². The van der Waals surface area contributed by atoms with Gasteiger partial charge in [0.25, 0.3) is 17.2 Å². The normalized spacial score (nSPS) is 10.2. The highest BCUT2D eigenvalue weighted by atomic mass is 35.5. The van der Waals surface area contributed by atoms with E-state index in [1.807, 2.05) is 0 Å². The third-order valence-electron chi connectivity index (χ3n) is 4.11. The number of hydrogen-bond donors (Lipinski definition) is 1. The lowest BCUT2D eigenvalue weighted by Gasteiger charge is -2.10. The molecule has 2 aromatic carbocycles. The van der Waals surface area contributed by atoms with Crippen molar-refractivity contribution in [3.05, 3.63) is 103 Å². The largest absolute Gasteiger partial charge is 0.321 e. The number of halogens is 1. The number of pyridine rings is 1. The molecule has 3 rings (SSSR count). The summed E-state index contributed by atoms with van der Waals surface area (Å²) in [5.41, 5.74) is -0.0783. The minimum Gasteiger partial charge on any atom is -0.321 e. The molecule has 8 nitrogen and oxygen atoms in total. The number of nitriles is 1. The lowest BCUT2D eigenvalue weighted by atomic mass is 10.1. The SMILES string of the molecule is N#Cc1cc([N+](=O)[O-])ccc1NC(=O)c1cccn(Cc2ccc(Cl)cc2)c1=O. The maximum absolute atomic E-state index is 12.7. The number of amides is 1. The third kappa shape index (κ3) is 4.48. The van der Waals surface area contributed by atoms with E-state index in [-0.39, 0.29) is 29.0 Å². The van der Waals surface area contributed by atoms with Gasteiger partial charge in [-0.1, -0.05) is 23.7 Å². The minimum absolute atomic E-state index is 0.0787. The van der Waals surface area contributed by atoms with Crippen molar-refractivity contribution in [3.63, 3.8) is 0 Å². The number of benzene rings is 2. The second-order valence-corrected chi connectivity index (χ2v) is 6.47. The van der Waals surface area contributed by atoms with Crippen molar-refractivity contribution >= 4 is 28.9 Å². The van der Waals surface area contributed by atoms with Gasteiger partial charge in [0.15, 0.2) is 0 Å². The van der Waals surface area contributed by atoms with Crippen molar-refractivity contribution in [3.8, 4) is 6.07 Å². The van der Waals surface area contributed by atoms with E-state index in [1.165, 1.54) is 22.8 Å². The number of aromatic nitrogens is 1. The zero-order valence-corrected chi connectivity index (χ0v) is 15.6. The Morgan fingerprint density at radius 3 is 2.59 bits per heavy atom. The molecule has 0 unspecified atom stereocenters. The Labute approximate surface area is 169 Å². The Morgan fingerprint density at radius 1 is 1.21 bits per heavy atom. The average Bonchev–Trinajstić information content (AvgIpc) is 2.71. The highest BCUT2D eigenvalue weighted by Crippen LogP contribution is 2.21. The monoisotopic (exact) mass is 408 g/mol. The van der Waals surface area contributed by atoms with Gasteiger partial charge >= 0.3 is 0 Å². The summed E-state index contributed by atoms with van der Waals surface area (Å²) in [6.07, 6.45) is 1.56. The maximum Gasteiger partial charge on any atom is 0.270 e. The van der Waals surface area contributed by atoms with Gasteiger partial charge in [0.2, 0.25) is 0 Å². The molecule has 144 valence electrons. The number of hydrogen-bond acceptors (Lipinski definition) is 5. The number of carbonyl (C=O) groups excluding carboxylic acids is 1. The fraction of sp³-hybridized carbons (Fsp3) is 0.0500. The van der Waals surface area contributed by atoms with Crippen LogP contribution in [0.15, 0.2) is 65.6 Å². The maximum atomic E-state index is 12.7. The Balaban J connectivity index is 1.87. The first kappa shape index (κ1) is 19.8. The molecule has 0 radical (unpaired) electrons. The van der Waals surface area contributed by atoms with E-state index in [2.05, 4.69) is 5.32 Å². The van der Waals surface area contributed by atoms with Gasteiger partial charge in [-0.15, -0.1) is 0 Å². The van der Waals surface area contributed by atoms with Crippen LogP contribution in [0.3, 0.4) is 0 Å². The second kappa shape index (κ2) is 8.37. The van der Waals surface area contributed by atoms with Crippen molar-refractivity contribution in [1.29, 1.82) is 5.26 Å². The van der Waals surface area contributed by atoms with E-state index < -0.39 is 16.4 Å². The summed E-state index contributed by atoms with van der Waals surface area (Å²) in [5.74, 6) is -0.717. The van der Waals surface area contributed by atoms with Crippen LogP contribution >= 0.6 is 11.6 Å². The summed E-state index contributed by atoms with van der Waals surface area (Å²) in [5, 5.41) is 23.1. The first-order valence-corrected chi connectivity index (χ1v) is 8.70. The van der Waals surface area contributed by atoms with Crippen LogP contribution in [0, 0.1) is 21.4 Å². The standard InChI is InChI=1S/C20H13ClN4O4/c21-15-5-3-13(4-6-15)12-24-9-1-2-17(20(24)27)19(26)23-18-8-7-16(25(28)29)10-14(18)11-22/h1-10H,12H2,(H,23,26). The van der Waals surface area contributed by atoms with Gasteiger partial charge in [-0.25, -0.2) is 0 Å². The number of carbonyl (C=O) groups is 1. The Morgan fingerprint density at radius 2 is 1.93 bits per heavy atom. The smallest absolute Gasteiger partial charge is 0.270 e. The number of nitro benzene ring substituents is 1. The fourth-order valence-electron chi connectivity index (χ4n) is 2.66. The summed E-state index contributed by atoms with van der Waals surface area (Å²) < 4.78 is 1.37. The molecule has 0 aliphatic heterocycles. The molecule has 1 N–H and O–H groups in total. The number of nitrogens with zero attached hydrogens (tertiary/aromatic N) is 3. The Hall–Kier alpha value is -3.96. The molecule has 1 aromatic heterocycles. The van der Waals surface area contributed by atoms with Gasteiger partial charge in [-0.2, -0.15) is 5.26 Å². The molecular formula is C20H13ClN4O4. The van der Waals surface area contributed by atoms with Crippen molar-refractivity contribution in [2.75, 3.05) is 5.32 Å². The zero-order chi connectivity index (χ0) is 21.0. The van der Waals surface area contributed by atoms with Crippen molar-refractivity contribution < 1.29 is 9.72 Å². The molecule has 0 spiro atoms. The first-order chi connectivity index (χ1) is 13.9. The molecule has 0 bridgehead atoms. The number of non-ortho nitro benzene ring substituents is 1. The van der Waals surface area contributed by atoms with Crippen LogP contribution in [0.25, 0.3) is 0 Å². The van der Waals surface area contributed by atoms with Crippen LogP contribution < -0.4 is 10.9 Å². The summed E-state index contributed by atoms with van der Waals surface area (Å²) in [6, 6.07) is 15.2. The summed E-state index contributed by atoms with van der Waals surface area (Å²) in [6.45, 7) is 0.248. The van der Waals surface area contributed by atoms with Crippen LogP contribution in [0.2, 0.25) is 5.02 Å². The molecule has 1 amide bonds. The minimum atomic E-state index is -0.717. The van der Waals surface area contributed by atoms with Crippen LogP contribution in [-0.4, -0.2) is 15.4 Å². The molecule has 0 atom stereocenters. The molecule has 3 aromatic rings. The van der Waals surface area contributed by atoms with E-state index >= 15 is 0 Å². The van der Waals surface area contributed by atoms with Gasteiger partial charge in [0.1, 0.15) is 11.6 Å². The van der Waals surface area contributed by atoms with Gasteiger partial charge < -0.3 is 9.88 Å². The van der Waals surface area contributed by atoms with E-state index in [4.69, 9.17) is 11.6 Å². The Bertz CT molecular complexity index is 1200. The highest BCUT2D eigenvalue weighted by Gasteiger charge is 2.16. The summed E-state index contributed by atoms with van der Waals surface area (Å²) in [4.78, 5) is 35.5. The van der Waals surface area contributed by atoms with Gasteiger partial charge in [0, 0.05) is 23.4 Å².